The molecule has 156 valence electrons. The zero-order valence-corrected chi connectivity index (χ0v) is 17.1. The molecule has 2 aromatic heterocycles. The fraction of sp³-hybridized carbons (Fsp3) is 0.263. The first-order chi connectivity index (χ1) is 14.4. The van der Waals surface area contributed by atoms with Gasteiger partial charge >= 0.3 is 0 Å². The van der Waals surface area contributed by atoms with Crippen molar-refractivity contribution in [1.82, 2.24) is 19.9 Å². The summed E-state index contributed by atoms with van der Waals surface area (Å²) in [5, 5.41) is 0. The lowest BCUT2D eigenvalue weighted by Crippen LogP contribution is -2.37. The minimum absolute atomic E-state index is 0.170. The molecule has 10 nitrogen and oxygen atoms in total. The number of ether oxygens (including phenoxy) is 1. The molecule has 1 fully saturated rings. The minimum atomic E-state index is -3.46. The number of nitrogens with one attached hydrogen (secondary N) is 1. The molecule has 1 saturated heterocycles. The highest BCUT2D eigenvalue weighted by molar-refractivity contribution is 7.92. The Kier molecular flexibility index (Phi) is 5.46. The van der Waals surface area contributed by atoms with Gasteiger partial charge in [-0.1, -0.05) is 18.2 Å². The molecule has 0 amide bonds. The van der Waals surface area contributed by atoms with Crippen molar-refractivity contribution < 1.29 is 13.2 Å². The molecule has 1 aliphatic rings. The van der Waals surface area contributed by atoms with Gasteiger partial charge in [0.05, 0.1) is 36.5 Å². The van der Waals surface area contributed by atoms with Crippen molar-refractivity contribution in [3.8, 4) is 22.5 Å². The summed E-state index contributed by atoms with van der Waals surface area (Å²) >= 11 is 0. The van der Waals surface area contributed by atoms with Gasteiger partial charge in [0.15, 0.2) is 0 Å². The van der Waals surface area contributed by atoms with E-state index in [1.54, 1.807) is 30.6 Å². The number of nitrogen functional groups attached to an aromatic ring is 1. The van der Waals surface area contributed by atoms with Gasteiger partial charge in [-0.05, 0) is 12.1 Å². The number of para-hydroxylation sites is 1. The van der Waals surface area contributed by atoms with Gasteiger partial charge < -0.3 is 15.4 Å². The Morgan fingerprint density at radius 1 is 1.07 bits per heavy atom. The van der Waals surface area contributed by atoms with Gasteiger partial charge in [0.2, 0.25) is 21.9 Å². The van der Waals surface area contributed by atoms with Gasteiger partial charge in [-0.15, -0.1) is 0 Å². The summed E-state index contributed by atoms with van der Waals surface area (Å²) in [6.45, 7) is 2.48. The molecule has 30 heavy (non-hydrogen) atoms. The summed E-state index contributed by atoms with van der Waals surface area (Å²) in [6.07, 6.45) is 4.30. The van der Waals surface area contributed by atoms with Crippen LogP contribution in [0.2, 0.25) is 0 Å². The molecule has 0 radical (unpaired) electrons. The van der Waals surface area contributed by atoms with Gasteiger partial charge in [-0.3, -0.25) is 4.72 Å². The van der Waals surface area contributed by atoms with Crippen LogP contribution in [0, 0.1) is 0 Å². The molecule has 1 aromatic carbocycles. The first-order valence-electron chi connectivity index (χ1n) is 9.26. The van der Waals surface area contributed by atoms with Crippen LogP contribution in [0.3, 0.4) is 0 Å². The maximum absolute atomic E-state index is 11.8. The topological polar surface area (TPSA) is 136 Å². The van der Waals surface area contributed by atoms with Crippen LogP contribution in [-0.2, 0) is 14.8 Å². The van der Waals surface area contributed by atoms with E-state index in [2.05, 4.69) is 19.7 Å². The summed E-state index contributed by atoms with van der Waals surface area (Å²) in [7, 11) is -3.46. The number of morpholine rings is 1. The Morgan fingerprint density at radius 2 is 1.73 bits per heavy atom. The molecule has 4 rings (SSSR count). The third-order valence-electron chi connectivity index (χ3n) is 4.47. The monoisotopic (exact) mass is 427 g/mol. The average Bonchev–Trinajstić information content (AvgIpc) is 2.74. The third kappa shape index (κ3) is 4.63. The molecule has 0 bridgehead atoms. The number of nitrogens with two attached hydrogens (primary N) is 1. The van der Waals surface area contributed by atoms with Crippen LogP contribution < -0.4 is 15.4 Å². The molecule has 0 saturated carbocycles. The Balaban J connectivity index is 1.85. The van der Waals surface area contributed by atoms with E-state index in [0.29, 0.717) is 60.5 Å². The van der Waals surface area contributed by atoms with Crippen LogP contribution in [0.1, 0.15) is 0 Å². The number of anilines is 3. The normalized spacial score (nSPS) is 14.5. The fourth-order valence-corrected chi connectivity index (χ4v) is 3.67. The summed E-state index contributed by atoms with van der Waals surface area (Å²) in [4.78, 5) is 19.5. The molecule has 1 aliphatic heterocycles. The summed E-state index contributed by atoms with van der Waals surface area (Å²) in [6, 6.07) is 8.86. The zero-order chi connectivity index (χ0) is 21.1. The Morgan fingerprint density at radius 3 is 2.43 bits per heavy atom. The lowest BCUT2D eigenvalue weighted by atomic mass is 10.1. The maximum atomic E-state index is 11.8. The number of hydrogen-bond donors (Lipinski definition) is 2. The van der Waals surface area contributed by atoms with Gasteiger partial charge in [-0.25, -0.2) is 28.4 Å². The van der Waals surface area contributed by atoms with Gasteiger partial charge in [0, 0.05) is 36.6 Å². The standard InChI is InChI=1S/C19H21N7O3S/c1-30(27,28)25-15-5-3-2-4-14(15)17-10-16(13-11-21-18(20)22-12-13)23-19(24-17)26-6-8-29-9-7-26/h2-5,10-12,25H,6-9H2,1H3,(H2,20,21,22). The van der Waals surface area contributed by atoms with Crippen LogP contribution >= 0.6 is 0 Å². The van der Waals surface area contributed by atoms with E-state index >= 15 is 0 Å². The van der Waals surface area contributed by atoms with Crippen molar-refractivity contribution in [2.45, 2.75) is 0 Å². The van der Waals surface area contributed by atoms with E-state index in [-0.39, 0.29) is 5.95 Å². The highest BCUT2D eigenvalue weighted by Crippen LogP contribution is 2.31. The second-order valence-electron chi connectivity index (χ2n) is 6.79. The van der Waals surface area contributed by atoms with Gasteiger partial charge in [0.25, 0.3) is 0 Å². The number of hydrogen-bond acceptors (Lipinski definition) is 9. The van der Waals surface area contributed by atoms with E-state index in [4.69, 9.17) is 15.5 Å². The molecular formula is C19H21N7O3S. The quantitative estimate of drug-likeness (QED) is 0.619. The molecule has 0 atom stereocenters. The van der Waals surface area contributed by atoms with Crippen molar-refractivity contribution in [2.75, 3.05) is 47.9 Å². The summed E-state index contributed by atoms with van der Waals surface area (Å²) in [5.74, 6) is 0.695. The van der Waals surface area contributed by atoms with Crippen molar-refractivity contribution in [3.63, 3.8) is 0 Å². The lowest BCUT2D eigenvalue weighted by molar-refractivity contribution is 0.122. The van der Waals surface area contributed by atoms with Gasteiger partial charge in [-0.2, -0.15) is 0 Å². The smallest absolute Gasteiger partial charge is 0.229 e. The van der Waals surface area contributed by atoms with Crippen molar-refractivity contribution in [2.24, 2.45) is 0 Å². The first-order valence-corrected chi connectivity index (χ1v) is 11.1. The largest absolute Gasteiger partial charge is 0.378 e. The molecule has 3 N–H and O–H groups in total. The van der Waals surface area contributed by atoms with Crippen LogP contribution in [0.5, 0.6) is 0 Å². The second-order valence-corrected chi connectivity index (χ2v) is 8.54. The highest BCUT2D eigenvalue weighted by atomic mass is 32.2. The number of sulfonamides is 1. The summed E-state index contributed by atoms with van der Waals surface area (Å²) < 4.78 is 31.6. The highest BCUT2D eigenvalue weighted by Gasteiger charge is 2.19. The lowest BCUT2D eigenvalue weighted by Gasteiger charge is -2.27. The van der Waals surface area contributed by atoms with Crippen molar-refractivity contribution in [1.29, 1.82) is 0 Å². The minimum Gasteiger partial charge on any atom is -0.378 e. The van der Waals surface area contributed by atoms with Crippen LogP contribution in [0.25, 0.3) is 22.5 Å². The van der Waals surface area contributed by atoms with Crippen LogP contribution in [0.4, 0.5) is 17.6 Å². The van der Waals surface area contributed by atoms with E-state index < -0.39 is 10.0 Å². The Labute approximate surface area is 174 Å². The molecular weight excluding hydrogens is 406 g/mol. The molecule has 11 heteroatoms. The zero-order valence-electron chi connectivity index (χ0n) is 16.3. The molecule has 0 spiro atoms. The third-order valence-corrected chi connectivity index (χ3v) is 5.06. The number of aromatic nitrogens is 4. The molecule has 3 aromatic rings. The Hall–Kier alpha value is -3.31. The van der Waals surface area contributed by atoms with Gasteiger partial charge in [0.1, 0.15) is 0 Å². The van der Waals surface area contributed by atoms with E-state index in [9.17, 15) is 8.42 Å². The number of benzene rings is 1. The van der Waals surface area contributed by atoms with Crippen LogP contribution in [-0.4, -0.2) is 60.9 Å². The molecule has 3 heterocycles. The predicted molar refractivity (Wildman–Crippen MR) is 114 cm³/mol. The van der Waals surface area contributed by atoms with Crippen molar-refractivity contribution >= 4 is 27.6 Å². The van der Waals surface area contributed by atoms with E-state index in [0.717, 1.165) is 6.26 Å². The fourth-order valence-electron chi connectivity index (χ4n) is 3.09. The van der Waals surface area contributed by atoms with Crippen molar-refractivity contribution in [3.05, 3.63) is 42.7 Å². The molecule has 0 unspecified atom stereocenters. The van der Waals surface area contributed by atoms with E-state index in [1.807, 2.05) is 17.0 Å². The molecule has 0 aliphatic carbocycles. The predicted octanol–water partition coefficient (Wildman–Crippen LogP) is 1.39. The Bertz CT molecular complexity index is 1150. The average molecular weight is 427 g/mol. The summed E-state index contributed by atoms with van der Waals surface area (Å²) in [5.41, 5.74) is 8.54. The number of rotatable bonds is 5. The second kappa shape index (κ2) is 8.20. The number of nitrogens with zero attached hydrogens (tertiary/aromatic N) is 5. The maximum Gasteiger partial charge on any atom is 0.229 e. The SMILES string of the molecule is CS(=O)(=O)Nc1ccccc1-c1cc(-c2cnc(N)nc2)nc(N2CCOCC2)n1. The van der Waals surface area contributed by atoms with E-state index in [1.165, 1.54) is 0 Å². The first kappa shape index (κ1) is 20.0. The van der Waals surface area contributed by atoms with Crippen LogP contribution in [0.15, 0.2) is 42.7 Å².